The molecule has 0 bridgehead atoms. The van der Waals surface area contributed by atoms with Gasteiger partial charge in [-0.05, 0) is 71.3 Å². The maximum Gasteiger partial charge on any atom is 0.147 e. The SMILES string of the molecule is CCCC(C)(C)Oc1cc2ccccc2cc1N=C=Nc1cc2ccccc2cc1N=O. The second-order valence-corrected chi connectivity index (χ2v) is 8.38. The van der Waals surface area contributed by atoms with Crippen molar-refractivity contribution in [2.45, 2.75) is 39.2 Å². The van der Waals surface area contributed by atoms with E-state index in [-0.39, 0.29) is 11.3 Å². The van der Waals surface area contributed by atoms with Gasteiger partial charge < -0.3 is 4.74 Å². The molecule has 0 radical (unpaired) electrons. The Balaban J connectivity index is 1.77. The van der Waals surface area contributed by atoms with E-state index in [9.17, 15) is 4.91 Å². The summed E-state index contributed by atoms with van der Waals surface area (Å²) in [5.41, 5.74) is 0.992. The van der Waals surface area contributed by atoms with Gasteiger partial charge in [-0.15, -0.1) is 4.91 Å². The molecule has 0 heterocycles. The molecule has 0 fully saturated rings. The van der Waals surface area contributed by atoms with Crippen molar-refractivity contribution >= 4 is 44.6 Å². The zero-order chi connectivity index (χ0) is 22.6. The summed E-state index contributed by atoms with van der Waals surface area (Å²) in [5.74, 6) is 0.678. The van der Waals surface area contributed by atoms with Crippen LogP contribution in [0.1, 0.15) is 33.6 Å². The number of ether oxygens (including phenoxy) is 1. The molecule has 0 saturated carbocycles. The monoisotopic (exact) mass is 423 g/mol. The third kappa shape index (κ3) is 4.74. The Hall–Kier alpha value is -3.82. The average molecular weight is 424 g/mol. The molecule has 32 heavy (non-hydrogen) atoms. The standard InChI is InChI=1S/C27H25N3O2/c1-4-13-27(2,3)32-26-17-22-12-8-7-11-21(22)16-25(26)29-18-28-23-14-19-9-5-6-10-20(19)15-24(23)30-31/h5-12,14-17H,4,13H2,1-3H3. The van der Waals surface area contributed by atoms with E-state index in [4.69, 9.17) is 4.74 Å². The molecule has 4 aromatic rings. The van der Waals surface area contributed by atoms with Crippen molar-refractivity contribution in [3.05, 3.63) is 77.7 Å². The molecule has 4 rings (SSSR count). The maximum atomic E-state index is 11.3. The Bertz CT molecular complexity index is 1350. The lowest BCUT2D eigenvalue weighted by molar-refractivity contribution is 0.0995. The third-order valence-electron chi connectivity index (χ3n) is 5.35. The largest absolute Gasteiger partial charge is 0.486 e. The van der Waals surface area contributed by atoms with Crippen LogP contribution in [-0.2, 0) is 0 Å². The highest BCUT2D eigenvalue weighted by Crippen LogP contribution is 2.36. The number of hydrogen-bond donors (Lipinski definition) is 0. The summed E-state index contributed by atoms with van der Waals surface area (Å²) in [7, 11) is 0. The highest BCUT2D eigenvalue weighted by molar-refractivity contribution is 5.91. The molecular formula is C27H25N3O2. The van der Waals surface area contributed by atoms with Crippen LogP contribution in [0, 0.1) is 4.91 Å². The van der Waals surface area contributed by atoms with Gasteiger partial charge >= 0.3 is 0 Å². The molecular weight excluding hydrogens is 398 g/mol. The van der Waals surface area contributed by atoms with Crippen molar-refractivity contribution in [3.63, 3.8) is 0 Å². The summed E-state index contributed by atoms with van der Waals surface area (Å²) in [6, 6.07) is 26.1. The number of rotatable bonds is 7. The fourth-order valence-electron chi connectivity index (χ4n) is 3.84. The van der Waals surface area contributed by atoms with Crippen molar-refractivity contribution in [1.82, 2.24) is 0 Å². The Morgan fingerprint density at radius 1 is 0.781 bits per heavy atom. The molecule has 0 N–H and O–H groups in total. The molecule has 0 aliphatic heterocycles. The van der Waals surface area contributed by atoms with E-state index >= 15 is 0 Å². The van der Waals surface area contributed by atoms with Crippen LogP contribution in [0.2, 0.25) is 0 Å². The van der Waals surface area contributed by atoms with Crippen LogP contribution in [0.25, 0.3) is 21.5 Å². The van der Waals surface area contributed by atoms with E-state index in [1.165, 1.54) is 0 Å². The molecule has 0 aromatic heterocycles. The molecule has 5 nitrogen and oxygen atoms in total. The van der Waals surface area contributed by atoms with Crippen molar-refractivity contribution < 1.29 is 4.74 Å². The van der Waals surface area contributed by atoms with Gasteiger partial charge in [-0.25, -0.2) is 0 Å². The minimum atomic E-state index is -0.328. The van der Waals surface area contributed by atoms with Gasteiger partial charge in [0, 0.05) is 0 Å². The first kappa shape index (κ1) is 21.4. The zero-order valence-electron chi connectivity index (χ0n) is 18.5. The topological polar surface area (TPSA) is 63.4 Å². The van der Waals surface area contributed by atoms with Gasteiger partial charge in [-0.1, -0.05) is 61.9 Å². The van der Waals surface area contributed by atoms with E-state index in [0.29, 0.717) is 17.1 Å². The fraction of sp³-hybridized carbons (Fsp3) is 0.222. The summed E-state index contributed by atoms with van der Waals surface area (Å²) >= 11 is 0. The normalized spacial score (nSPS) is 11.2. The van der Waals surface area contributed by atoms with Gasteiger partial charge in [0.05, 0.1) is 0 Å². The molecule has 0 saturated heterocycles. The first-order valence-electron chi connectivity index (χ1n) is 10.7. The van der Waals surface area contributed by atoms with Crippen LogP contribution in [0.15, 0.2) is 88.0 Å². The van der Waals surface area contributed by atoms with E-state index in [0.717, 1.165) is 34.4 Å². The molecule has 160 valence electrons. The lowest BCUT2D eigenvalue weighted by atomic mass is 10.0. The fourth-order valence-corrected chi connectivity index (χ4v) is 3.84. The van der Waals surface area contributed by atoms with Gasteiger partial charge in [-0.3, -0.25) is 0 Å². The summed E-state index contributed by atoms with van der Waals surface area (Å²) in [4.78, 5) is 20.1. The Labute approximate surface area is 187 Å². The van der Waals surface area contributed by atoms with Gasteiger partial charge in [0.15, 0.2) is 0 Å². The highest BCUT2D eigenvalue weighted by atomic mass is 16.5. The molecule has 5 heteroatoms. The van der Waals surface area contributed by atoms with Gasteiger partial charge in [0.2, 0.25) is 0 Å². The van der Waals surface area contributed by atoms with Crippen molar-refractivity contribution in [3.8, 4) is 5.75 Å². The third-order valence-corrected chi connectivity index (χ3v) is 5.35. The van der Waals surface area contributed by atoms with Crippen LogP contribution in [0.4, 0.5) is 17.1 Å². The average Bonchev–Trinajstić information content (AvgIpc) is 2.78. The smallest absolute Gasteiger partial charge is 0.147 e. The zero-order valence-corrected chi connectivity index (χ0v) is 18.5. The van der Waals surface area contributed by atoms with Crippen molar-refractivity contribution in [2.75, 3.05) is 0 Å². The van der Waals surface area contributed by atoms with Crippen molar-refractivity contribution in [1.29, 1.82) is 0 Å². The summed E-state index contributed by atoms with van der Waals surface area (Å²) in [6.07, 6.45) is 1.94. The Kier molecular flexibility index (Phi) is 6.11. The van der Waals surface area contributed by atoms with E-state index in [1.54, 1.807) is 6.07 Å². The van der Waals surface area contributed by atoms with Crippen LogP contribution in [0.3, 0.4) is 0 Å². The van der Waals surface area contributed by atoms with E-state index in [1.807, 2.05) is 66.7 Å². The minimum Gasteiger partial charge on any atom is -0.486 e. The van der Waals surface area contributed by atoms with E-state index < -0.39 is 0 Å². The first-order valence-corrected chi connectivity index (χ1v) is 10.7. The number of fused-ring (bicyclic) bond motifs is 2. The minimum absolute atomic E-state index is 0.255. The number of benzene rings is 4. The Morgan fingerprint density at radius 2 is 1.28 bits per heavy atom. The maximum absolute atomic E-state index is 11.3. The number of nitrogens with zero attached hydrogens (tertiary/aromatic N) is 3. The molecule has 0 atom stereocenters. The second kappa shape index (κ2) is 9.13. The van der Waals surface area contributed by atoms with Gasteiger partial charge in [0.1, 0.15) is 34.4 Å². The van der Waals surface area contributed by atoms with Gasteiger partial charge in [0.25, 0.3) is 0 Å². The van der Waals surface area contributed by atoms with Crippen LogP contribution in [-0.4, -0.2) is 11.6 Å². The Morgan fingerprint density at radius 3 is 1.84 bits per heavy atom. The molecule has 0 aliphatic rings. The first-order chi connectivity index (χ1) is 15.5. The molecule has 0 unspecified atom stereocenters. The number of nitroso groups, excluding NO2 is 1. The predicted molar refractivity (Wildman–Crippen MR) is 132 cm³/mol. The summed E-state index contributed by atoms with van der Waals surface area (Å²) < 4.78 is 6.34. The highest BCUT2D eigenvalue weighted by Gasteiger charge is 2.20. The molecule has 0 amide bonds. The van der Waals surface area contributed by atoms with Gasteiger partial charge in [-0.2, -0.15) is 9.98 Å². The molecule has 4 aromatic carbocycles. The van der Waals surface area contributed by atoms with E-state index in [2.05, 4.69) is 41.9 Å². The quantitative estimate of drug-likeness (QED) is 0.221. The number of aliphatic imine (C=N–C) groups is 2. The molecule has 0 spiro atoms. The lowest BCUT2D eigenvalue weighted by Crippen LogP contribution is -2.27. The second-order valence-electron chi connectivity index (χ2n) is 8.38. The predicted octanol–water partition coefficient (Wildman–Crippen LogP) is 8.49. The van der Waals surface area contributed by atoms with Crippen LogP contribution < -0.4 is 4.74 Å². The summed E-state index contributed by atoms with van der Waals surface area (Å²) in [5, 5.41) is 7.15. The lowest BCUT2D eigenvalue weighted by Gasteiger charge is -2.26. The van der Waals surface area contributed by atoms with Crippen LogP contribution >= 0.6 is 0 Å². The van der Waals surface area contributed by atoms with Crippen molar-refractivity contribution in [2.24, 2.45) is 15.2 Å². The van der Waals surface area contributed by atoms with Crippen LogP contribution in [0.5, 0.6) is 5.75 Å². The summed E-state index contributed by atoms with van der Waals surface area (Å²) in [6.45, 7) is 6.29. The molecule has 0 aliphatic carbocycles. The number of hydrogen-bond acceptors (Lipinski definition) is 5.